The molecule has 152 valence electrons. The van der Waals surface area contributed by atoms with Crippen LogP contribution in [0.5, 0.6) is 5.75 Å². The summed E-state index contributed by atoms with van der Waals surface area (Å²) in [4.78, 5) is 11.4. The number of benzene rings is 1. The van der Waals surface area contributed by atoms with Gasteiger partial charge in [0.2, 0.25) is 0 Å². The van der Waals surface area contributed by atoms with Gasteiger partial charge in [-0.05, 0) is 49.1 Å². The van der Waals surface area contributed by atoms with Gasteiger partial charge < -0.3 is 5.11 Å². The lowest BCUT2D eigenvalue weighted by Gasteiger charge is -2.36. The first kappa shape index (κ1) is 20.0. The zero-order chi connectivity index (χ0) is 20.6. The molecule has 1 N–H and O–H groups in total. The topological polar surface area (TPSA) is 70.7 Å². The Morgan fingerprint density at radius 2 is 2.07 bits per heavy atom. The normalized spacial score (nSPS) is 18.3. The minimum Gasteiger partial charge on any atom is -0.508 e. The maximum Gasteiger partial charge on any atom is 0.186 e. The third-order valence-corrected chi connectivity index (χ3v) is 7.75. The molecule has 1 aliphatic rings. The first-order valence-electron chi connectivity index (χ1n) is 10.3. The summed E-state index contributed by atoms with van der Waals surface area (Å²) in [6.45, 7) is 8.97. The Hall–Kier alpha value is -2.34. The van der Waals surface area contributed by atoms with Crippen LogP contribution in [0.25, 0.3) is 10.2 Å². The van der Waals surface area contributed by atoms with Gasteiger partial charge in [-0.25, -0.2) is 9.97 Å². The van der Waals surface area contributed by atoms with Gasteiger partial charge in [0.15, 0.2) is 5.82 Å². The number of rotatable bonds is 5. The van der Waals surface area contributed by atoms with E-state index >= 15 is 0 Å². The number of hydrogen-bond acceptors (Lipinski definition) is 6. The molecule has 2 heterocycles. The number of aryl methyl sites for hydroxylation is 1. The second-order valence-corrected chi connectivity index (χ2v) is 9.70. The lowest BCUT2D eigenvalue weighted by atomic mass is 9.69. The molecular formula is C23H28N4OS. The highest BCUT2D eigenvalue weighted by molar-refractivity contribution is 7.18. The highest BCUT2D eigenvalue weighted by Gasteiger charge is 2.33. The fourth-order valence-corrected chi connectivity index (χ4v) is 5.35. The molecule has 5 nitrogen and oxygen atoms in total. The van der Waals surface area contributed by atoms with E-state index < -0.39 is 0 Å². The van der Waals surface area contributed by atoms with Crippen LogP contribution in [0.1, 0.15) is 62.6 Å². The van der Waals surface area contributed by atoms with Crippen molar-refractivity contribution in [2.75, 3.05) is 0 Å². The van der Waals surface area contributed by atoms with Crippen LogP contribution in [-0.2, 0) is 12.8 Å². The SMILES string of the molecule is CCC(C)(C)C1CCc2sc3ncnc(N=NC(C)c4ccccc4O)c3c2C1. The van der Waals surface area contributed by atoms with Gasteiger partial charge in [-0.15, -0.1) is 16.5 Å². The number of fused-ring (bicyclic) bond motifs is 3. The number of aromatic nitrogens is 2. The van der Waals surface area contributed by atoms with Crippen LogP contribution in [0.15, 0.2) is 40.8 Å². The molecule has 0 saturated heterocycles. The Balaban J connectivity index is 1.70. The largest absolute Gasteiger partial charge is 0.508 e. The molecule has 0 radical (unpaired) electrons. The van der Waals surface area contributed by atoms with Crippen LogP contribution >= 0.6 is 11.3 Å². The van der Waals surface area contributed by atoms with Gasteiger partial charge in [-0.2, -0.15) is 5.11 Å². The summed E-state index contributed by atoms with van der Waals surface area (Å²) in [5.74, 6) is 1.54. The van der Waals surface area contributed by atoms with Crippen molar-refractivity contribution >= 4 is 27.4 Å². The van der Waals surface area contributed by atoms with Gasteiger partial charge in [0.05, 0.1) is 11.4 Å². The van der Waals surface area contributed by atoms with E-state index in [1.54, 1.807) is 23.7 Å². The smallest absolute Gasteiger partial charge is 0.186 e. The van der Waals surface area contributed by atoms with Gasteiger partial charge in [0.1, 0.15) is 16.9 Å². The zero-order valence-corrected chi connectivity index (χ0v) is 18.3. The maximum atomic E-state index is 10.1. The molecule has 0 saturated carbocycles. The van der Waals surface area contributed by atoms with Crippen molar-refractivity contribution in [2.24, 2.45) is 21.6 Å². The Morgan fingerprint density at radius 1 is 1.28 bits per heavy atom. The molecule has 4 rings (SSSR count). The summed E-state index contributed by atoms with van der Waals surface area (Å²) in [6, 6.07) is 7.01. The molecule has 2 unspecified atom stereocenters. The lowest BCUT2D eigenvalue weighted by Crippen LogP contribution is -2.28. The Morgan fingerprint density at radius 3 is 2.83 bits per heavy atom. The van der Waals surface area contributed by atoms with Gasteiger partial charge >= 0.3 is 0 Å². The van der Waals surface area contributed by atoms with Crippen LogP contribution in [0.3, 0.4) is 0 Å². The van der Waals surface area contributed by atoms with Crippen molar-refractivity contribution in [3.63, 3.8) is 0 Å². The zero-order valence-electron chi connectivity index (χ0n) is 17.5. The van der Waals surface area contributed by atoms with Crippen LogP contribution in [0, 0.1) is 11.3 Å². The van der Waals surface area contributed by atoms with Crippen LogP contribution in [0.4, 0.5) is 5.82 Å². The van der Waals surface area contributed by atoms with E-state index in [1.165, 1.54) is 23.3 Å². The molecule has 2 aromatic heterocycles. The summed E-state index contributed by atoms with van der Waals surface area (Å²) < 4.78 is 0. The fourth-order valence-electron chi connectivity index (χ4n) is 4.17. The summed E-state index contributed by atoms with van der Waals surface area (Å²) in [5.41, 5.74) is 2.45. The number of para-hydroxylation sites is 1. The van der Waals surface area contributed by atoms with E-state index in [9.17, 15) is 5.11 Å². The molecule has 3 aromatic rings. The number of azo groups is 1. The molecular weight excluding hydrogens is 380 g/mol. The Kier molecular flexibility index (Phi) is 5.38. The minimum atomic E-state index is -0.248. The molecule has 0 aliphatic heterocycles. The molecule has 2 atom stereocenters. The molecule has 1 aliphatic carbocycles. The van der Waals surface area contributed by atoms with E-state index in [0.717, 1.165) is 28.6 Å². The fraction of sp³-hybridized carbons (Fsp3) is 0.478. The standard InChI is InChI=1S/C23H28N4OS/c1-5-23(3,4)15-10-11-19-17(12-15)20-21(24-13-25-22(20)29-19)27-26-14(2)16-8-6-7-9-18(16)28/h6-9,13-15,28H,5,10-12H2,1-4H3. The summed E-state index contributed by atoms with van der Waals surface area (Å²) >= 11 is 1.77. The van der Waals surface area contributed by atoms with Crippen LogP contribution in [0.2, 0.25) is 0 Å². The van der Waals surface area contributed by atoms with E-state index in [-0.39, 0.29) is 11.8 Å². The van der Waals surface area contributed by atoms with Crippen molar-refractivity contribution in [1.82, 2.24) is 9.97 Å². The molecule has 0 amide bonds. The average Bonchev–Trinajstić information content (AvgIpc) is 3.10. The van der Waals surface area contributed by atoms with Gasteiger partial charge in [-0.1, -0.05) is 45.4 Å². The minimum absolute atomic E-state index is 0.240. The van der Waals surface area contributed by atoms with Crippen molar-refractivity contribution in [2.45, 2.75) is 59.4 Å². The Bertz CT molecular complexity index is 1060. The summed E-state index contributed by atoms with van der Waals surface area (Å²) in [5, 5.41) is 20.1. The van der Waals surface area contributed by atoms with Crippen molar-refractivity contribution in [1.29, 1.82) is 0 Å². The monoisotopic (exact) mass is 408 g/mol. The lowest BCUT2D eigenvalue weighted by molar-refractivity contribution is 0.184. The van der Waals surface area contributed by atoms with Crippen molar-refractivity contribution in [3.05, 3.63) is 46.6 Å². The maximum absolute atomic E-state index is 10.1. The molecule has 29 heavy (non-hydrogen) atoms. The van der Waals surface area contributed by atoms with E-state index in [4.69, 9.17) is 0 Å². The van der Waals surface area contributed by atoms with E-state index in [0.29, 0.717) is 17.2 Å². The molecule has 0 fully saturated rings. The number of phenolic OH excluding ortho intramolecular Hbond substituents is 1. The molecule has 6 heteroatoms. The highest BCUT2D eigenvalue weighted by atomic mass is 32.1. The number of aromatic hydroxyl groups is 1. The predicted molar refractivity (Wildman–Crippen MR) is 118 cm³/mol. The number of nitrogens with zero attached hydrogens (tertiary/aromatic N) is 4. The quantitative estimate of drug-likeness (QED) is 0.473. The first-order chi connectivity index (χ1) is 13.9. The third kappa shape index (κ3) is 3.78. The second-order valence-electron chi connectivity index (χ2n) is 8.61. The van der Waals surface area contributed by atoms with Gasteiger partial charge in [0, 0.05) is 10.4 Å². The second kappa shape index (κ2) is 7.82. The average molecular weight is 409 g/mol. The molecule has 1 aromatic carbocycles. The van der Waals surface area contributed by atoms with Gasteiger partial charge in [-0.3, -0.25) is 0 Å². The predicted octanol–water partition coefficient (Wildman–Crippen LogP) is 6.78. The van der Waals surface area contributed by atoms with Crippen molar-refractivity contribution < 1.29 is 5.11 Å². The summed E-state index contributed by atoms with van der Waals surface area (Å²) in [6.07, 6.45) is 6.15. The number of hydrogen-bond donors (Lipinski definition) is 1. The third-order valence-electron chi connectivity index (χ3n) is 6.55. The van der Waals surface area contributed by atoms with Crippen LogP contribution < -0.4 is 0 Å². The van der Waals surface area contributed by atoms with Crippen LogP contribution in [-0.4, -0.2) is 15.1 Å². The van der Waals surface area contributed by atoms with Gasteiger partial charge in [0.25, 0.3) is 0 Å². The molecule has 0 bridgehead atoms. The van der Waals surface area contributed by atoms with E-state index in [1.807, 2.05) is 25.1 Å². The number of thiophene rings is 1. The highest BCUT2D eigenvalue weighted by Crippen LogP contribution is 2.46. The van der Waals surface area contributed by atoms with Crippen molar-refractivity contribution in [3.8, 4) is 5.75 Å². The molecule has 0 spiro atoms. The van der Waals surface area contributed by atoms with E-state index in [2.05, 4.69) is 41.0 Å². The Labute approximate surface area is 175 Å². The first-order valence-corrected chi connectivity index (χ1v) is 11.2. The summed E-state index contributed by atoms with van der Waals surface area (Å²) in [7, 11) is 0. The number of phenols is 1.